The van der Waals surface area contributed by atoms with Gasteiger partial charge < -0.3 is 24.8 Å². The summed E-state index contributed by atoms with van der Waals surface area (Å²) in [5, 5.41) is 6.96. The highest BCUT2D eigenvalue weighted by Crippen LogP contribution is 2.46. The average Bonchev–Trinajstić information content (AvgIpc) is 3.10. The summed E-state index contributed by atoms with van der Waals surface area (Å²) in [5.74, 6) is -0.685. The van der Waals surface area contributed by atoms with Crippen LogP contribution in [-0.2, 0) is 14.3 Å². The van der Waals surface area contributed by atoms with E-state index in [1.165, 1.54) is 11.3 Å². The normalized spacial score (nSPS) is 14.2. The summed E-state index contributed by atoms with van der Waals surface area (Å²) in [7, 11) is 0. The third-order valence-electron chi connectivity index (χ3n) is 4.74. The van der Waals surface area contributed by atoms with Crippen LogP contribution in [0.15, 0.2) is 28.7 Å². The molecule has 0 atom stereocenters. The molecule has 31 heavy (non-hydrogen) atoms. The number of benzene rings is 1. The third-order valence-corrected chi connectivity index (χ3v) is 6.96. The minimum Gasteiger partial charge on any atom is -0.479 e. The van der Waals surface area contributed by atoms with E-state index in [1.807, 2.05) is 18.2 Å². The van der Waals surface area contributed by atoms with Crippen LogP contribution >= 0.6 is 27.3 Å². The van der Waals surface area contributed by atoms with Crippen LogP contribution in [0.2, 0.25) is 0 Å². The Morgan fingerprint density at radius 3 is 2.65 bits per heavy atom. The maximum absolute atomic E-state index is 12.5. The highest BCUT2D eigenvalue weighted by atomic mass is 79.9. The van der Waals surface area contributed by atoms with Crippen LogP contribution in [0.3, 0.4) is 0 Å². The molecule has 1 aliphatic rings. The fraction of sp³-hybridized carbons (Fsp3) is 0.455. The second-order valence-corrected chi connectivity index (χ2v) is 8.78. The third kappa shape index (κ3) is 6.21. The van der Waals surface area contributed by atoms with E-state index in [9.17, 15) is 9.59 Å². The minimum atomic E-state index is -0.495. The van der Waals surface area contributed by atoms with Crippen molar-refractivity contribution < 1.29 is 23.8 Å². The number of anilines is 1. The quantitative estimate of drug-likeness (QED) is 0.481. The van der Waals surface area contributed by atoms with Gasteiger partial charge in [-0.25, -0.2) is 9.59 Å². The number of piperidine rings is 1. The SMILES string of the molecule is CCOC(=O)COc1c(C(=O)OCC)sc(-c2cccc(NC3CCNCC3)c2)c1Br. The Morgan fingerprint density at radius 2 is 1.94 bits per heavy atom. The van der Waals surface area contributed by atoms with Gasteiger partial charge in [-0.15, -0.1) is 11.3 Å². The second-order valence-electron chi connectivity index (χ2n) is 6.97. The molecule has 7 nitrogen and oxygen atoms in total. The second kappa shape index (κ2) is 11.5. The molecule has 0 spiro atoms. The lowest BCUT2D eigenvalue weighted by molar-refractivity contribution is -0.145. The van der Waals surface area contributed by atoms with E-state index >= 15 is 0 Å². The van der Waals surface area contributed by atoms with Gasteiger partial charge in [-0.3, -0.25) is 0 Å². The molecule has 0 radical (unpaired) electrons. The number of rotatable bonds is 9. The number of ether oxygens (including phenoxy) is 3. The van der Waals surface area contributed by atoms with Gasteiger partial charge >= 0.3 is 11.9 Å². The topological polar surface area (TPSA) is 85.9 Å². The highest BCUT2D eigenvalue weighted by Gasteiger charge is 2.26. The number of carbonyl (C=O) groups is 2. The first-order chi connectivity index (χ1) is 15.0. The highest BCUT2D eigenvalue weighted by molar-refractivity contribution is 9.10. The first-order valence-electron chi connectivity index (χ1n) is 10.4. The van der Waals surface area contributed by atoms with Crippen LogP contribution < -0.4 is 15.4 Å². The molecule has 2 heterocycles. The summed E-state index contributed by atoms with van der Waals surface area (Å²) in [4.78, 5) is 25.4. The van der Waals surface area contributed by atoms with Crippen LogP contribution in [0.1, 0.15) is 36.4 Å². The Hall–Kier alpha value is -2.10. The molecule has 0 aliphatic carbocycles. The molecule has 168 valence electrons. The molecule has 1 aromatic heterocycles. The fourth-order valence-electron chi connectivity index (χ4n) is 3.33. The van der Waals surface area contributed by atoms with Gasteiger partial charge in [0.05, 0.1) is 22.6 Å². The summed E-state index contributed by atoms with van der Waals surface area (Å²) in [6.45, 7) is 5.72. The molecule has 0 saturated carbocycles. The predicted molar refractivity (Wildman–Crippen MR) is 125 cm³/mol. The van der Waals surface area contributed by atoms with E-state index in [2.05, 4.69) is 32.6 Å². The largest absolute Gasteiger partial charge is 0.479 e. The van der Waals surface area contributed by atoms with Crippen molar-refractivity contribution in [2.24, 2.45) is 0 Å². The fourth-order valence-corrected chi connectivity index (χ4v) is 5.27. The summed E-state index contributed by atoms with van der Waals surface area (Å²) in [5.41, 5.74) is 1.96. The van der Waals surface area contributed by atoms with Gasteiger partial charge in [0.15, 0.2) is 17.2 Å². The number of halogens is 1. The Kier molecular flexibility index (Phi) is 8.74. The molecule has 3 rings (SSSR count). The number of thiophene rings is 1. The lowest BCUT2D eigenvalue weighted by Gasteiger charge is -2.24. The maximum atomic E-state index is 12.5. The zero-order valence-electron chi connectivity index (χ0n) is 17.7. The molecule has 0 bridgehead atoms. The predicted octanol–water partition coefficient (Wildman–Crippen LogP) is 4.46. The summed E-state index contributed by atoms with van der Waals surface area (Å²) >= 11 is 4.84. The molecule has 2 aromatic rings. The molecular formula is C22H27BrN2O5S. The van der Waals surface area contributed by atoms with Crippen molar-refractivity contribution in [3.8, 4) is 16.2 Å². The van der Waals surface area contributed by atoms with Crippen molar-refractivity contribution in [2.45, 2.75) is 32.7 Å². The van der Waals surface area contributed by atoms with Crippen molar-refractivity contribution in [2.75, 3.05) is 38.2 Å². The van der Waals surface area contributed by atoms with Gasteiger partial charge in [0.25, 0.3) is 0 Å². The number of carbonyl (C=O) groups excluding carboxylic acids is 2. The first-order valence-corrected chi connectivity index (χ1v) is 12.0. The van der Waals surface area contributed by atoms with E-state index in [0.717, 1.165) is 42.1 Å². The first kappa shape index (κ1) is 23.6. The van der Waals surface area contributed by atoms with Gasteiger partial charge in [0.2, 0.25) is 0 Å². The maximum Gasteiger partial charge on any atom is 0.352 e. The van der Waals surface area contributed by atoms with E-state index < -0.39 is 11.9 Å². The van der Waals surface area contributed by atoms with Gasteiger partial charge in [-0.05, 0) is 73.4 Å². The minimum absolute atomic E-state index is 0.247. The number of hydrogen-bond acceptors (Lipinski definition) is 8. The smallest absolute Gasteiger partial charge is 0.352 e. The number of esters is 2. The van der Waals surface area contributed by atoms with Crippen molar-refractivity contribution in [1.82, 2.24) is 5.32 Å². The molecule has 9 heteroatoms. The van der Waals surface area contributed by atoms with Crippen LogP contribution in [-0.4, -0.2) is 50.9 Å². The lowest BCUT2D eigenvalue weighted by Crippen LogP contribution is -2.35. The van der Waals surface area contributed by atoms with Crippen LogP contribution in [0.25, 0.3) is 10.4 Å². The summed E-state index contributed by atoms with van der Waals surface area (Å²) < 4.78 is 16.4. The standard InChI is InChI=1S/C22H27BrN2O5S/c1-3-28-17(26)13-30-19-18(23)20(31-21(19)22(27)29-4-2)14-6-5-7-16(12-14)25-15-8-10-24-11-9-15/h5-7,12,15,24-25H,3-4,8-11,13H2,1-2H3. The zero-order chi connectivity index (χ0) is 22.2. The van der Waals surface area contributed by atoms with E-state index in [1.54, 1.807) is 13.8 Å². The summed E-state index contributed by atoms with van der Waals surface area (Å²) in [6, 6.07) is 8.49. The van der Waals surface area contributed by atoms with Gasteiger partial charge in [0.1, 0.15) is 0 Å². The van der Waals surface area contributed by atoms with Gasteiger partial charge in [-0.1, -0.05) is 12.1 Å². The van der Waals surface area contributed by atoms with Gasteiger partial charge in [0, 0.05) is 11.7 Å². The van der Waals surface area contributed by atoms with E-state index in [-0.39, 0.29) is 19.8 Å². The molecule has 0 unspecified atom stereocenters. The Bertz CT molecular complexity index is 911. The number of hydrogen-bond donors (Lipinski definition) is 2. The lowest BCUT2D eigenvalue weighted by atomic mass is 10.1. The average molecular weight is 511 g/mol. The van der Waals surface area contributed by atoms with Crippen LogP contribution in [0.5, 0.6) is 5.75 Å². The van der Waals surface area contributed by atoms with Crippen molar-refractivity contribution in [1.29, 1.82) is 0 Å². The molecule has 2 N–H and O–H groups in total. The molecule has 1 saturated heterocycles. The Balaban J connectivity index is 1.87. The van der Waals surface area contributed by atoms with Gasteiger partial charge in [-0.2, -0.15) is 0 Å². The Morgan fingerprint density at radius 1 is 1.19 bits per heavy atom. The van der Waals surface area contributed by atoms with Crippen molar-refractivity contribution in [3.63, 3.8) is 0 Å². The molecule has 0 amide bonds. The zero-order valence-corrected chi connectivity index (χ0v) is 20.1. The van der Waals surface area contributed by atoms with E-state index in [0.29, 0.717) is 21.1 Å². The summed E-state index contributed by atoms with van der Waals surface area (Å²) in [6.07, 6.45) is 2.15. The van der Waals surface area contributed by atoms with Crippen LogP contribution in [0, 0.1) is 0 Å². The van der Waals surface area contributed by atoms with Crippen molar-refractivity contribution in [3.05, 3.63) is 33.6 Å². The number of nitrogens with one attached hydrogen (secondary N) is 2. The monoisotopic (exact) mass is 510 g/mol. The van der Waals surface area contributed by atoms with E-state index in [4.69, 9.17) is 14.2 Å². The molecular weight excluding hydrogens is 484 g/mol. The van der Waals surface area contributed by atoms with Crippen molar-refractivity contribution >= 4 is 44.9 Å². The molecule has 1 aromatic carbocycles. The molecule has 1 fully saturated rings. The van der Waals surface area contributed by atoms with Crippen LogP contribution in [0.4, 0.5) is 5.69 Å². The Labute approximate surface area is 194 Å². The molecule has 1 aliphatic heterocycles.